The van der Waals surface area contributed by atoms with Crippen LogP contribution in [-0.2, 0) is 11.3 Å². The third kappa shape index (κ3) is 3.50. The summed E-state index contributed by atoms with van der Waals surface area (Å²) in [4.78, 5) is 8.27. The highest BCUT2D eigenvalue weighted by Crippen LogP contribution is 2.26. The van der Waals surface area contributed by atoms with Crippen LogP contribution in [0.5, 0.6) is 0 Å². The number of hydrogen-bond donors (Lipinski definition) is 2. The van der Waals surface area contributed by atoms with Gasteiger partial charge in [-0.3, -0.25) is 0 Å². The number of hydrogen-bond acceptors (Lipinski definition) is 5. The number of aromatic nitrogens is 2. The lowest BCUT2D eigenvalue weighted by molar-refractivity contribution is 0.178. The first-order valence-electron chi connectivity index (χ1n) is 4.92. The zero-order valence-electron chi connectivity index (χ0n) is 9.97. The standard InChI is InChI=1S/C10H17ClN4O/c1-10(2,3)15-9-7(12)8(11)13-6(14-9)5-16-4/h5,12H2,1-4H3,(H,13,14,15). The van der Waals surface area contributed by atoms with Gasteiger partial charge in [-0.05, 0) is 20.8 Å². The van der Waals surface area contributed by atoms with Gasteiger partial charge < -0.3 is 15.8 Å². The summed E-state index contributed by atoms with van der Waals surface area (Å²) in [5.41, 5.74) is 6.01. The summed E-state index contributed by atoms with van der Waals surface area (Å²) in [7, 11) is 1.57. The molecule has 3 N–H and O–H groups in total. The van der Waals surface area contributed by atoms with Crippen molar-refractivity contribution in [1.82, 2.24) is 9.97 Å². The molecule has 0 atom stereocenters. The molecule has 0 spiro atoms. The quantitative estimate of drug-likeness (QED) is 0.797. The normalized spacial score (nSPS) is 11.6. The van der Waals surface area contributed by atoms with Crippen molar-refractivity contribution < 1.29 is 4.74 Å². The number of methoxy groups -OCH3 is 1. The summed E-state index contributed by atoms with van der Waals surface area (Å²) in [6, 6.07) is 0. The molecule has 16 heavy (non-hydrogen) atoms. The zero-order valence-corrected chi connectivity index (χ0v) is 10.7. The van der Waals surface area contributed by atoms with Gasteiger partial charge in [-0.2, -0.15) is 0 Å². The lowest BCUT2D eigenvalue weighted by Crippen LogP contribution is -2.27. The molecule has 0 radical (unpaired) electrons. The van der Waals surface area contributed by atoms with Crippen molar-refractivity contribution in [2.45, 2.75) is 32.9 Å². The van der Waals surface area contributed by atoms with Gasteiger partial charge in [0.25, 0.3) is 0 Å². The van der Waals surface area contributed by atoms with E-state index in [4.69, 9.17) is 22.1 Å². The molecule has 0 aliphatic carbocycles. The Balaban J connectivity index is 3.06. The van der Waals surface area contributed by atoms with Crippen molar-refractivity contribution >= 4 is 23.1 Å². The molecule has 0 saturated carbocycles. The number of halogens is 1. The van der Waals surface area contributed by atoms with Crippen LogP contribution in [0.1, 0.15) is 26.6 Å². The molecule has 0 aliphatic heterocycles. The van der Waals surface area contributed by atoms with Crippen LogP contribution in [0.4, 0.5) is 11.5 Å². The van der Waals surface area contributed by atoms with Crippen LogP contribution in [-0.4, -0.2) is 22.6 Å². The van der Waals surface area contributed by atoms with Gasteiger partial charge >= 0.3 is 0 Å². The van der Waals surface area contributed by atoms with Crippen LogP contribution in [0.2, 0.25) is 5.15 Å². The second kappa shape index (κ2) is 4.84. The van der Waals surface area contributed by atoms with Crippen LogP contribution >= 0.6 is 11.6 Å². The molecule has 0 saturated heterocycles. The van der Waals surface area contributed by atoms with Crippen LogP contribution < -0.4 is 11.1 Å². The SMILES string of the molecule is COCc1nc(Cl)c(N)c(NC(C)(C)C)n1. The molecule has 1 heterocycles. The molecule has 0 bridgehead atoms. The van der Waals surface area contributed by atoms with E-state index < -0.39 is 0 Å². The Morgan fingerprint density at radius 3 is 2.50 bits per heavy atom. The molecule has 0 fully saturated rings. The van der Waals surface area contributed by atoms with Crippen LogP contribution in [0.3, 0.4) is 0 Å². The van der Waals surface area contributed by atoms with E-state index in [9.17, 15) is 0 Å². The first-order chi connectivity index (χ1) is 7.33. The number of nitrogen functional groups attached to an aromatic ring is 1. The summed E-state index contributed by atoms with van der Waals surface area (Å²) >= 11 is 5.91. The molecule has 0 aliphatic rings. The topological polar surface area (TPSA) is 73.1 Å². The molecule has 0 aromatic carbocycles. The molecular weight excluding hydrogens is 228 g/mol. The number of nitrogens with one attached hydrogen (secondary N) is 1. The third-order valence-corrected chi connectivity index (χ3v) is 2.00. The molecule has 0 unspecified atom stereocenters. The highest BCUT2D eigenvalue weighted by atomic mass is 35.5. The Bertz CT molecular complexity index is 376. The lowest BCUT2D eigenvalue weighted by Gasteiger charge is -2.22. The first-order valence-corrected chi connectivity index (χ1v) is 5.30. The molecule has 0 amide bonds. The average molecular weight is 245 g/mol. The lowest BCUT2D eigenvalue weighted by atomic mass is 10.1. The van der Waals surface area contributed by atoms with Crippen molar-refractivity contribution in [3.63, 3.8) is 0 Å². The van der Waals surface area contributed by atoms with Gasteiger partial charge in [0.1, 0.15) is 12.3 Å². The van der Waals surface area contributed by atoms with Crippen molar-refractivity contribution in [3.8, 4) is 0 Å². The zero-order chi connectivity index (χ0) is 12.3. The Labute approximate surface area is 100 Å². The van der Waals surface area contributed by atoms with Crippen molar-refractivity contribution in [3.05, 3.63) is 11.0 Å². The van der Waals surface area contributed by atoms with Gasteiger partial charge in [-0.25, -0.2) is 9.97 Å². The maximum Gasteiger partial charge on any atom is 0.158 e. The molecular formula is C10H17ClN4O. The minimum Gasteiger partial charge on any atom is -0.393 e. The number of anilines is 2. The summed E-state index contributed by atoms with van der Waals surface area (Å²) in [6.45, 7) is 6.34. The predicted octanol–water partition coefficient (Wildman–Crippen LogP) is 2.07. The van der Waals surface area contributed by atoms with E-state index in [2.05, 4.69) is 15.3 Å². The minimum atomic E-state index is -0.143. The van der Waals surface area contributed by atoms with Gasteiger partial charge in [0.05, 0.1) is 0 Å². The van der Waals surface area contributed by atoms with E-state index in [-0.39, 0.29) is 10.7 Å². The highest BCUT2D eigenvalue weighted by molar-refractivity contribution is 6.32. The molecule has 90 valence electrons. The third-order valence-electron chi connectivity index (χ3n) is 1.71. The van der Waals surface area contributed by atoms with E-state index in [1.165, 1.54) is 0 Å². The maximum absolute atomic E-state index is 5.91. The van der Waals surface area contributed by atoms with Crippen molar-refractivity contribution in [2.75, 3.05) is 18.2 Å². The second-order valence-electron chi connectivity index (χ2n) is 4.50. The van der Waals surface area contributed by atoms with Gasteiger partial charge in [0, 0.05) is 12.6 Å². The summed E-state index contributed by atoms with van der Waals surface area (Å²) < 4.78 is 4.96. The molecule has 1 rings (SSSR count). The monoisotopic (exact) mass is 244 g/mol. The van der Waals surface area contributed by atoms with Crippen LogP contribution in [0.15, 0.2) is 0 Å². The van der Waals surface area contributed by atoms with Gasteiger partial charge in [-0.15, -0.1) is 0 Å². The Hall–Kier alpha value is -1.07. The van der Waals surface area contributed by atoms with Crippen molar-refractivity contribution in [2.24, 2.45) is 0 Å². The minimum absolute atomic E-state index is 0.143. The summed E-state index contributed by atoms with van der Waals surface area (Å²) in [5.74, 6) is 1.05. The van der Waals surface area contributed by atoms with Crippen LogP contribution in [0, 0.1) is 0 Å². The molecule has 1 aromatic rings. The fraction of sp³-hybridized carbons (Fsp3) is 0.600. The number of nitrogens with two attached hydrogens (primary N) is 1. The van der Waals surface area contributed by atoms with E-state index in [0.717, 1.165) is 0 Å². The Kier molecular flexibility index (Phi) is 3.93. The van der Waals surface area contributed by atoms with E-state index in [1.807, 2.05) is 20.8 Å². The molecule has 6 heteroatoms. The van der Waals surface area contributed by atoms with E-state index in [1.54, 1.807) is 7.11 Å². The van der Waals surface area contributed by atoms with E-state index >= 15 is 0 Å². The second-order valence-corrected chi connectivity index (χ2v) is 4.86. The number of rotatable bonds is 3. The maximum atomic E-state index is 5.91. The Morgan fingerprint density at radius 2 is 2.00 bits per heavy atom. The average Bonchev–Trinajstić information content (AvgIpc) is 2.11. The fourth-order valence-corrected chi connectivity index (χ4v) is 1.32. The molecule has 5 nitrogen and oxygen atoms in total. The van der Waals surface area contributed by atoms with Gasteiger partial charge in [0.2, 0.25) is 0 Å². The smallest absolute Gasteiger partial charge is 0.158 e. The fourth-order valence-electron chi connectivity index (χ4n) is 1.13. The highest BCUT2D eigenvalue weighted by Gasteiger charge is 2.16. The predicted molar refractivity (Wildman–Crippen MR) is 65.5 cm³/mol. The van der Waals surface area contributed by atoms with Gasteiger partial charge in [-0.1, -0.05) is 11.6 Å². The molecule has 1 aromatic heterocycles. The number of nitrogens with zero attached hydrogens (tertiary/aromatic N) is 2. The van der Waals surface area contributed by atoms with Gasteiger partial charge in [0.15, 0.2) is 16.8 Å². The van der Waals surface area contributed by atoms with Crippen molar-refractivity contribution in [1.29, 1.82) is 0 Å². The van der Waals surface area contributed by atoms with Crippen LogP contribution in [0.25, 0.3) is 0 Å². The summed E-state index contributed by atoms with van der Waals surface area (Å²) in [6.07, 6.45) is 0. The summed E-state index contributed by atoms with van der Waals surface area (Å²) in [5, 5.41) is 3.42. The largest absolute Gasteiger partial charge is 0.393 e. The van der Waals surface area contributed by atoms with E-state index in [0.29, 0.717) is 23.9 Å². The number of ether oxygens (including phenoxy) is 1. The first kappa shape index (κ1) is 13.0. The Morgan fingerprint density at radius 1 is 1.38 bits per heavy atom.